The molecule has 0 radical (unpaired) electrons. The van der Waals surface area contributed by atoms with E-state index >= 15 is 0 Å². The van der Waals surface area contributed by atoms with Gasteiger partial charge in [0.1, 0.15) is 5.75 Å². The summed E-state index contributed by atoms with van der Waals surface area (Å²) in [5.41, 5.74) is 2.16. The molecule has 2 aliphatic carbocycles. The van der Waals surface area contributed by atoms with Crippen LogP contribution in [0.2, 0.25) is 0 Å². The van der Waals surface area contributed by atoms with Crippen molar-refractivity contribution < 1.29 is 9.53 Å². The van der Waals surface area contributed by atoms with Gasteiger partial charge in [0.15, 0.2) is 5.82 Å². The molecule has 0 amide bonds. The number of ether oxygens (including phenoxy) is 1. The monoisotopic (exact) mass is 631 g/mol. The second-order valence-electron chi connectivity index (χ2n) is 14.9. The maximum absolute atomic E-state index is 13.0. The summed E-state index contributed by atoms with van der Waals surface area (Å²) in [7, 11) is 0. The van der Waals surface area contributed by atoms with Crippen molar-refractivity contribution in [3.63, 3.8) is 0 Å². The lowest BCUT2D eigenvalue weighted by Crippen LogP contribution is -2.30. The molecule has 4 rings (SSSR count). The molecule has 2 aliphatic rings. The zero-order valence-corrected chi connectivity index (χ0v) is 29.7. The minimum Gasteiger partial charge on any atom is -0.426 e. The third kappa shape index (κ3) is 13.1. The van der Waals surface area contributed by atoms with Gasteiger partial charge in [0.2, 0.25) is 0 Å². The van der Waals surface area contributed by atoms with Gasteiger partial charge < -0.3 is 4.74 Å². The molecule has 2 saturated carbocycles. The molecule has 0 unspecified atom stereocenters. The van der Waals surface area contributed by atoms with Crippen molar-refractivity contribution in [1.29, 1.82) is 0 Å². The molecule has 4 heteroatoms. The lowest BCUT2D eigenvalue weighted by molar-refractivity contribution is -0.140. The highest BCUT2D eigenvalue weighted by molar-refractivity contribution is 5.75. The van der Waals surface area contributed by atoms with Gasteiger partial charge in [0.25, 0.3) is 0 Å². The molecular weight excluding hydrogens is 564 g/mol. The van der Waals surface area contributed by atoms with Crippen molar-refractivity contribution in [1.82, 2.24) is 9.97 Å². The standard InChI is InChI=1S/C42H66N2O2/c1-3-5-7-9-11-13-14-16-18-34-20-22-36(23-21-34)37-24-26-39(27-25-37)42(45)46-40-30-28-38(29-31-40)41-43-32-35(33-44-41)19-17-15-12-10-8-6-4-2/h28-34,36-37,39H,3-27H2,1-2H3/t34-,36-,37-,39-. The summed E-state index contributed by atoms with van der Waals surface area (Å²) in [4.78, 5) is 22.3. The third-order valence-corrected chi connectivity index (χ3v) is 11.2. The number of esters is 1. The molecule has 1 heterocycles. The summed E-state index contributed by atoms with van der Waals surface area (Å²) in [5.74, 6) is 4.01. The van der Waals surface area contributed by atoms with Gasteiger partial charge in [-0.05, 0) is 98.9 Å². The van der Waals surface area contributed by atoms with E-state index in [1.165, 1.54) is 147 Å². The molecule has 256 valence electrons. The van der Waals surface area contributed by atoms with Crippen LogP contribution in [0.25, 0.3) is 11.4 Å². The topological polar surface area (TPSA) is 52.1 Å². The fourth-order valence-electron chi connectivity index (χ4n) is 8.13. The molecule has 0 atom stereocenters. The second-order valence-corrected chi connectivity index (χ2v) is 14.9. The minimum absolute atomic E-state index is 0.0430. The Kier molecular flexibility index (Phi) is 17.2. The first kappa shape index (κ1) is 36.6. The van der Waals surface area contributed by atoms with Gasteiger partial charge in [0.05, 0.1) is 5.92 Å². The second kappa shape index (κ2) is 21.6. The van der Waals surface area contributed by atoms with E-state index in [4.69, 9.17) is 4.74 Å². The summed E-state index contributed by atoms with van der Waals surface area (Å²) in [6.07, 6.45) is 37.1. The van der Waals surface area contributed by atoms with Gasteiger partial charge in [-0.25, -0.2) is 9.97 Å². The number of aromatic nitrogens is 2. The van der Waals surface area contributed by atoms with Crippen LogP contribution in [0.4, 0.5) is 0 Å². The molecule has 1 aromatic heterocycles. The fourth-order valence-corrected chi connectivity index (χ4v) is 8.13. The first-order valence-corrected chi connectivity index (χ1v) is 19.8. The van der Waals surface area contributed by atoms with Gasteiger partial charge in [-0.1, -0.05) is 123 Å². The predicted molar refractivity (Wildman–Crippen MR) is 193 cm³/mol. The van der Waals surface area contributed by atoms with Crippen LogP contribution in [0.3, 0.4) is 0 Å². The zero-order valence-electron chi connectivity index (χ0n) is 29.7. The molecule has 0 saturated heterocycles. The molecule has 4 nitrogen and oxygen atoms in total. The summed E-state index contributed by atoms with van der Waals surface area (Å²) < 4.78 is 5.84. The average molecular weight is 631 g/mol. The molecule has 0 aliphatic heterocycles. The Hall–Kier alpha value is -2.23. The Bertz CT molecular complexity index is 1070. The van der Waals surface area contributed by atoms with E-state index in [1.807, 2.05) is 36.7 Å². The number of unbranched alkanes of at least 4 members (excludes halogenated alkanes) is 13. The number of hydrogen-bond acceptors (Lipinski definition) is 4. The highest BCUT2D eigenvalue weighted by Gasteiger charge is 2.33. The molecule has 2 aromatic rings. The van der Waals surface area contributed by atoms with Crippen molar-refractivity contribution in [2.75, 3.05) is 0 Å². The Morgan fingerprint density at radius 1 is 0.630 bits per heavy atom. The zero-order chi connectivity index (χ0) is 32.2. The van der Waals surface area contributed by atoms with Crippen LogP contribution in [0.5, 0.6) is 5.75 Å². The maximum atomic E-state index is 13.0. The van der Waals surface area contributed by atoms with Crippen LogP contribution >= 0.6 is 0 Å². The molecular formula is C42H66N2O2. The minimum atomic E-state index is -0.0498. The Morgan fingerprint density at radius 2 is 1.13 bits per heavy atom. The molecule has 2 fully saturated rings. The fraction of sp³-hybridized carbons (Fsp3) is 0.738. The van der Waals surface area contributed by atoms with E-state index in [1.54, 1.807) is 0 Å². The van der Waals surface area contributed by atoms with E-state index in [0.29, 0.717) is 5.75 Å². The van der Waals surface area contributed by atoms with Crippen LogP contribution in [0.1, 0.15) is 174 Å². The lowest BCUT2D eigenvalue weighted by atomic mass is 9.68. The largest absolute Gasteiger partial charge is 0.426 e. The number of aryl methyl sites for hydroxylation is 1. The molecule has 1 aromatic carbocycles. The average Bonchev–Trinajstić information content (AvgIpc) is 3.10. The maximum Gasteiger partial charge on any atom is 0.314 e. The van der Waals surface area contributed by atoms with Gasteiger partial charge >= 0.3 is 5.97 Å². The van der Waals surface area contributed by atoms with Gasteiger partial charge in [0, 0.05) is 18.0 Å². The first-order valence-electron chi connectivity index (χ1n) is 19.8. The number of rotatable bonds is 21. The van der Waals surface area contributed by atoms with Crippen molar-refractivity contribution in [3.8, 4) is 17.1 Å². The molecule has 0 spiro atoms. The van der Waals surface area contributed by atoms with E-state index in [0.717, 1.165) is 48.4 Å². The third-order valence-electron chi connectivity index (χ3n) is 11.2. The molecule has 46 heavy (non-hydrogen) atoms. The van der Waals surface area contributed by atoms with Crippen LogP contribution < -0.4 is 4.74 Å². The van der Waals surface area contributed by atoms with E-state index < -0.39 is 0 Å². The predicted octanol–water partition coefficient (Wildman–Crippen LogP) is 12.5. The Labute approximate surface area is 282 Å². The van der Waals surface area contributed by atoms with E-state index in [-0.39, 0.29) is 11.9 Å². The lowest BCUT2D eigenvalue weighted by Gasteiger charge is -2.37. The number of carbonyl (C=O) groups is 1. The van der Waals surface area contributed by atoms with Crippen LogP contribution in [-0.4, -0.2) is 15.9 Å². The quantitative estimate of drug-likeness (QED) is 0.0782. The van der Waals surface area contributed by atoms with Gasteiger partial charge in [-0.15, -0.1) is 0 Å². The number of nitrogens with zero attached hydrogens (tertiary/aromatic N) is 2. The summed E-state index contributed by atoms with van der Waals surface area (Å²) in [6.45, 7) is 4.56. The van der Waals surface area contributed by atoms with Crippen molar-refractivity contribution >= 4 is 5.97 Å². The first-order chi connectivity index (χ1) is 22.7. The smallest absolute Gasteiger partial charge is 0.314 e. The molecule has 0 N–H and O–H groups in total. The highest BCUT2D eigenvalue weighted by Crippen LogP contribution is 2.42. The van der Waals surface area contributed by atoms with Crippen LogP contribution in [0.15, 0.2) is 36.7 Å². The van der Waals surface area contributed by atoms with Crippen molar-refractivity contribution in [3.05, 3.63) is 42.2 Å². The number of benzene rings is 1. The highest BCUT2D eigenvalue weighted by atomic mass is 16.5. The van der Waals surface area contributed by atoms with E-state index in [2.05, 4.69) is 23.8 Å². The summed E-state index contributed by atoms with van der Waals surface area (Å²) in [6, 6.07) is 7.72. The van der Waals surface area contributed by atoms with E-state index in [9.17, 15) is 4.79 Å². The number of carbonyl (C=O) groups excluding carboxylic acids is 1. The Morgan fingerprint density at radius 3 is 1.70 bits per heavy atom. The van der Waals surface area contributed by atoms with Gasteiger partial charge in [-0.3, -0.25) is 4.79 Å². The van der Waals surface area contributed by atoms with Crippen molar-refractivity contribution in [2.24, 2.45) is 23.7 Å². The number of hydrogen-bond donors (Lipinski definition) is 0. The SMILES string of the molecule is CCCCCCCCCC[C@H]1CC[C@H]([C@H]2CC[C@H](C(=O)Oc3ccc(-c4ncc(CCCCCCCCC)cn4)cc3)CC2)CC1. The van der Waals surface area contributed by atoms with Crippen LogP contribution in [0, 0.1) is 23.7 Å². The van der Waals surface area contributed by atoms with Gasteiger partial charge in [-0.2, -0.15) is 0 Å². The normalized spacial score (nSPS) is 21.7. The van der Waals surface area contributed by atoms with Crippen LogP contribution in [-0.2, 0) is 11.2 Å². The Balaban J connectivity index is 1.08. The summed E-state index contributed by atoms with van der Waals surface area (Å²) >= 11 is 0. The molecule has 0 bridgehead atoms. The summed E-state index contributed by atoms with van der Waals surface area (Å²) in [5, 5.41) is 0. The van der Waals surface area contributed by atoms with Crippen molar-refractivity contribution in [2.45, 2.75) is 174 Å².